The van der Waals surface area contributed by atoms with E-state index in [4.69, 9.17) is 0 Å². The van der Waals surface area contributed by atoms with Gasteiger partial charge in [-0.3, -0.25) is 14.9 Å². The van der Waals surface area contributed by atoms with Gasteiger partial charge in [-0.15, -0.1) is 0 Å². The summed E-state index contributed by atoms with van der Waals surface area (Å²) in [6.07, 6.45) is 4.96. The van der Waals surface area contributed by atoms with E-state index in [1.165, 1.54) is 0 Å². The molecule has 0 unspecified atom stereocenters. The molecule has 0 aliphatic carbocycles. The van der Waals surface area contributed by atoms with Crippen LogP contribution in [0.1, 0.15) is 29.8 Å². The van der Waals surface area contributed by atoms with Gasteiger partial charge in [0.15, 0.2) is 0 Å². The van der Waals surface area contributed by atoms with Crippen LogP contribution in [-0.2, 0) is 0 Å². The van der Waals surface area contributed by atoms with E-state index < -0.39 is 0 Å². The highest BCUT2D eigenvalue weighted by Gasteiger charge is 2.38. The second-order valence-electron chi connectivity index (χ2n) is 5.97. The highest BCUT2D eigenvalue weighted by Crippen LogP contribution is 2.29. The number of carbonyl (C=O) groups excluding carboxylic acids is 1. The molecule has 2 fully saturated rings. The summed E-state index contributed by atoms with van der Waals surface area (Å²) in [4.78, 5) is 19.2. The average Bonchev–Trinajstić information content (AvgIpc) is 3.12. The van der Waals surface area contributed by atoms with Crippen molar-refractivity contribution >= 4 is 5.91 Å². The highest BCUT2D eigenvalue weighted by molar-refractivity contribution is 5.94. The molecule has 114 valence electrons. The number of aromatic nitrogens is 3. The van der Waals surface area contributed by atoms with Crippen molar-refractivity contribution in [3.05, 3.63) is 36.2 Å². The number of nitrogens with one attached hydrogen (secondary N) is 2. The van der Waals surface area contributed by atoms with Crippen LogP contribution in [0, 0.1) is 0 Å². The molecule has 0 spiro atoms. The molecule has 6 heteroatoms. The number of H-pyrrole nitrogens is 1. The second kappa shape index (κ2) is 5.53. The molecule has 2 saturated heterocycles. The molecule has 0 aromatic carbocycles. The molecule has 6 nitrogen and oxygen atoms in total. The Kier molecular flexibility index (Phi) is 3.38. The Labute approximate surface area is 128 Å². The maximum atomic E-state index is 12.9. The molecule has 1 amide bonds. The van der Waals surface area contributed by atoms with Crippen LogP contribution in [0.2, 0.25) is 0 Å². The molecule has 4 rings (SSSR count). The van der Waals surface area contributed by atoms with Crippen LogP contribution in [0.5, 0.6) is 0 Å². The third kappa shape index (κ3) is 2.29. The van der Waals surface area contributed by atoms with Gasteiger partial charge < -0.3 is 10.2 Å². The number of aromatic amines is 1. The number of hydrogen-bond acceptors (Lipinski definition) is 4. The van der Waals surface area contributed by atoms with Gasteiger partial charge in [0.2, 0.25) is 0 Å². The van der Waals surface area contributed by atoms with Crippen molar-refractivity contribution in [3.8, 4) is 11.4 Å². The normalized spacial score (nSPS) is 24.3. The topological polar surface area (TPSA) is 73.9 Å². The molecule has 2 bridgehead atoms. The van der Waals surface area contributed by atoms with Crippen molar-refractivity contribution in [1.29, 1.82) is 0 Å². The fourth-order valence-corrected chi connectivity index (χ4v) is 3.53. The summed E-state index contributed by atoms with van der Waals surface area (Å²) in [5, 5.41) is 10.6. The number of carbonyl (C=O) groups is 1. The first-order chi connectivity index (χ1) is 10.8. The Hall–Kier alpha value is -2.21. The van der Waals surface area contributed by atoms with Crippen LogP contribution in [0.3, 0.4) is 0 Å². The van der Waals surface area contributed by atoms with E-state index in [9.17, 15) is 4.79 Å². The Balaban J connectivity index is 1.60. The fourth-order valence-electron chi connectivity index (χ4n) is 3.53. The lowest BCUT2D eigenvalue weighted by molar-refractivity contribution is 0.0674. The summed E-state index contributed by atoms with van der Waals surface area (Å²) >= 11 is 0. The summed E-state index contributed by atoms with van der Waals surface area (Å²) in [5.74, 6) is 0.0610. The van der Waals surface area contributed by atoms with E-state index in [2.05, 4.69) is 25.4 Å². The van der Waals surface area contributed by atoms with Crippen LogP contribution in [0.15, 0.2) is 30.5 Å². The first-order valence-electron chi connectivity index (χ1n) is 7.83. The van der Waals surface area contributed by atoms with E-state index in [1.54, 1.807) is 6.20 Å². The van der Waals surface area contributed by atoms with Crippen LogP contribution < -0.4 is 5.32 Å². The predicted octanol–water partition coefficient (Wildman–Crippen LogP) is 1.44. The molecule has 2 N–H and O–H groups in total. The molecule has 0 radical (unpaired) electrons. The van der Waals surface area contributed by atoms with Gasteiger partial charge in [-0.1, -0.05) is 6.07 Å². The molecule has 2 aromatic heterocycles. The smallest absolute Gasteiger partial charge is 0.272 e. The van der Waals surface area contributed by atoms with Crippen molar-refractivity contribution in [2.75, 3.05) is 13.1 Å². The summed E-state index contributed by atoms with van der Waals surface area (Å²) in [5.41, 5.74) is 2.04. The number of fused-ring (bicyclic) bond motifs is 2. The second-order valence-corrected chi connectivity index (χ2v) is 5.97. The van der Waals surface area contributed by atoms with Crippen molar-refractivity contribution < 1.29 is 4.79 Å². The Bertz CT molecular complexity index is 654. The third-order valence-corrected chi connectivity index (χ3v) is 4.62. The standard InChI is InChI=1S/C16H19N5O/c22-16(21-11-4-5-12(21)10-17-8-6-11)15-9-14(19-20-15)13-3-1-2-7-18-13/h1-3,7,9,11-12,17H,4-6,8,10H2,(H,19,20)/t11-,12+/m1/s1. The molecular weight excluding hydrogens is 278 g/mol. The molecule has 0 saturated carbocycles. The van der Waals surface area contributed by atoms with Gasteiger partial charge in [0, 0.05) is 24.8 Å². The zero-order valence-corrected chi connectivity index (χ0v) is 12.3. The Morgan fingerprint density at radius 2 is 2.09 bits per heavy atom. The van der Waals surface area contributed by atoms with Crippen LogP contribution in [0.4, 0.5) is 0 Å². The van der Waals surface area contributed by atoms with Gasteiger partial charge in [-0.05, 0) is 44.0 Å². The molecule has 2 aromatic rings. The molecule has 2 aliphatic rings. The molecule has 2 atom stereocenters. The van der Waals surface area contributed by atoms with Gasteiger partial charge in [0.05, 0.1) is 5.69 Å². The minimum absolute atomic E-state index is 0.0610. The number of pyridine rings is 1. The van der Waals surface area contributed by atoms with Crippen molar-refractivity contribution in [2.45, 2.75) is 31.3 Å². The lowest BCUT2D eigenvalue weighted by Gasteiger charge is -2.27. The number of nitrogens with zero attached hydrogens (tertiary/aromatic N) is 3. The summed E-state index contributed by atoms with van der Waals surface area (Å²) in [6, 6.07) is 8.14. The lowest BCUT2D eigenvalue weighted by Crippen LogP contribution is -2.42. The first-order valence-corrected chi connectivity index (χ1v) is 7.83. The average molecular weight is 297 g/mol. The van der Waals surface area contributed by atoms with E-state index in [0.717, 1.165) is 38.0 Å². The van der Waals surface area contributed by atoms with E-state index in [-0.39, 0.29) is 5.91 Å². The third-order valence-electron chi connectivity index (χ3n) is 4.62. The van der Waals surface area contributed by atoms with Crippen LogP contribution in [-0.4, -0.2) is 51.2 Å². The van der Waals surface area contributed by atoms with Crippen LogP contribution in [0.25, 0.3) is 11.4 Å². The van der Waals surface area contributed by atoms with Gasteiger partial charge in [0.1, 0.15) is 11.4 Å². The highest BCUT2D eigenvalue weighted by atomic mass is 16.2. The minimum atomic E-state index is 0.0610. The lowest BCUT2D eigenvalue weighted by atomic mass is 10.1. The maximum absolute atomic E-state index is 12.9. The summed E-state index contributed by atoms with van der Waals surface area (Å²) in [7, 11) is 0. The van der Waals surface area contributed by atoms with E-state index in [0.29, 0.717) is 23.5 Å². The largest absolute Gasteiger partial charge is 0.330 e. The maximum Gasteiger partial charge on any atom is 0.272 e. The Morgan fingerprint density at radius 1 is 1.18 bits per heavy atom. The molecule has 2 aliphatic heterocycles. The Morgan fingerprint density at radius 3 is 2.95 bits per heavy atom. The fraction of sp³-hybridized carbons (Fsp3) is 0.438. The monoisotopic (exact) mass is 297 g/mol. The summed E-state index contributed by atoms with van der Waals surface area (Å²) < 4.78 is 0. The predicted molar refractivity (Wildman–Crippen MR) is 82.3 cm³/mol. The van der Waals surface area contributed by atoms with E-state index in [1.807, 2.05) is 24.3 Å². The van der Waals surface area contributed by atoms with E-state index >= 15 is 0 Å². The number of rotatable bonds is 2. The zero-order chi connectivity index (χ0) is 14.9. The summed E-state index contributed by atoms with van der Waals surface area (Å²) in [6.45, 7) is 1.89. The van der Waals surface area contributed by atoms with Gasteiger partial charge in [-0.2, -0.15) is 5.10 Å². The SMILES string of the molecule is O=C(c1cc(-c2ccccn2)n[nH]1)N1[C@H]2CCNC[C@@H]1CC2. The van der Waals surface area contributed by atoms with Gasteiger partial charge in [-0.25, -0.2) is 0 Å². The minimum Gasteiger partial charge on any atom is -0.330 e. The first kappa shape index (κ1) is 13.5. The number of hydrogen-bond donors (Lipinski definition) is 2. The zero-order valence-electron chi connectivity index (χ0n) is 12.3. The quantitative estimate of drug-likeness (QED) is 0.879. The van der Waals surface area contributed by atoms with Crippen molar-refractivity contribution in [2.24, 2.45) is 0 Å². The van der Waals surface area contributed by atoms with Gasteiger partial charge in [0.25, 0.3) is 5.91 Å². The molecule has 4 heterocycles. The van der Waals surface area contributed by atoms with Crippen molar-refractivity contribution in [3.63, 3.8) is 0 Å². The van der Waals surface area contributed by atoms with Gasteiger partial charge >= 0.3 is 0 Å². The van der Waals surface area contributed by atoms with Crippen molar-refractivity contribution in [1.82, 2.24) is 25.4 Å². The molecular formula is C16H19N5O. The molecule has 22 heavy (non-hydrogen) atoms. The number of amides is 1. The van der Waals surface area contributed by atoms with Crippen LogP contribution >= 0.6 is 0 Å².